The van der Waals surface area contributed by atoms with E-state index >= 15 is 0 Å². The molecule has 226 valence electrons. The van der Waals surface area contributed by atoms with E-state index in [0.29, 0.717) is 24.2 Å². The van der Waals surface area contributed by atoms with E-state index in [1.165, 1.54) is 44.9 Å². The van der Waals surface area contributed by atoms with Gasteiger partial charge in [-0.25, -0.2) is 4.79 Å². The molecule has 0 aromatic rings. The lowest BCUT2D eigenvalue weighted by Crippen LogP contribution is -2.60. The van der Waals surface area contributed by atoms with Crippen LogP contribution in [0.3, 0.4) is 0 Å². The predicted octanol–water partition coefficient (Wildman–Crippen LogP) is 5.54. The van der Waals surface area contributed by atoms with Crippen LogP contribution in [0.4, 0.5) is 0 Å². The molecule has 10 atom stereocenters. The monoisotopic (exact) mass is 560 g/mol. The summed E-state index contributed by atoms with van der Waals surface area (Å²) in [5.74, 6) is 1.55. The number of ether oxygens (including phenoxy) is 2. The molecule has 0 bridgehead atoms. The lowest BCUT2D eigenvalue weighted by atomic mass is 9.60. The first kappa shape index (κ1) is 31.4. The number of fused-ring (bicyclic) bond motifs is 1. The molecule has 3 saturated carbocycles. The molecule has 0 amide bonds. The van der Waals surface area contributed by atoms with Gasteiger partial charge in [0, 0.05) is 0 Å². The van der Waals surface area contributed by atoms with Crippen LogP contribution in [0.25, 0.3) is 0 Å². The standard InChI is InChI=1S/C33H52O7/c1-19(2)8-6-9-21(4)25-15-16-26-22(10-7-17-33(25,26)5)12-13-23-18-24(14-11-20(23)3)39-32-29(36)27(34)28(35)30(40-32)31(37)38/h12-13,19,21,24-30,32,34-36H,3,6-11,14-18H2,1-2,4-5H3,(H,37,38)/b22-12+,23-13+/t21-,24+,25-,26+,27+,28+,29-,30+,32-,33-/m1/s1. The van der Waals surface area contributed by atoms with Crippen LogP contribution in [-0.4, -0.2) is 63.2 Å². The highest BCUT2D eigenvalue weighted by molar-refractivity contribution is 5.73. The smallest absolute Gasteiger partial charge is 0.335 e. The Morgan fingerprint density at radius 2 is 1.82 bits per heavy atom. The summed E-state index contributed by atoms with van der Waals surface area (Å²) in [5.41, 5.74) is 4.10. The van der Waals surface area contributed by atoms with Crippen LogP contribution in [0.15, 0.2) is 35.5 Å². The van der Waals surface area contributed by atoms with Crippen LogP contribution < -0.4 is 0 Å². The van der Waals surface area contributed by atoms with E-state index in [4.69, 9.17) is 9.47 Å². The van der Waals surface area contributed by atoms with E-state index in [0.717, 1.165) is 41.7 Å². The summed E-state index contributed by atoms with van der Waals surface area (Å²) in [6, 6.07) is 0. The summed E-state index contributed by atoms with van der Waals surface area (Å²) in [7, 11) is 0. The molecule has 0 unspecified atom stereocenters. The number of hydrogen-bond acceptors (Lipinski definition) is 6. The molecule has 7 heteroatoms. The molecule has 4 rings (SSSR count). The summed E-state index contributed by atoms with van der Waals surface area (Å²) in [5, 5.41) is 39.8. The summed E-state index contributed by atoms with van der Waals surface area (Å²) < 4.78 is 11.3. The van der Waals surface area contributed by atoms with Crippen molar-refractivity contribution in [2.45, 2.75) is 135 Å². The highest BCUT2D eigenvalue weighted by atomic mass is 16.7. The minimum absolute atomic E-state index is 0.314. The fourth-order valence-corrected chi connectivity index (χ4v) is 8.11. The molecule has 4 aliphatic rings. The second-order valence-corrected chi connectivity index (χ2v) is 13.7. The molecule has 40 heavy (non-hydrogen) atoms. The number of carboxylic acid groups (broad SMARTS) is 1. The number of carbonyl (C=O) groups is 1. The van der Waals surface area contributed by atoms with Gasteiger partial charge in [0.05, 0.1) is 6.10 Å². The Labute approximate surface area is 240 Å². The Kier molecular flexibility index (Phi) is 10.4. The second kappa shape index (κ2) is 13.2. The van der Waals surface area contributed by atoms with Crippen molar-refractivity contribution in [1.82, 2.24) is 0 Å². The van der Waals surface area contributed by atoms with Crippen molar-refractivity contribution in [1.29, 1.82) is 0 Å². The SMILES string of the molecule is C=C1CC[C@H](O[C@@H]2O[C@H](C(=O)O)[C@@H](O)[C@H](O)[C@H]2O)C/C1=C\C=C1/CCC[C@]2(C)[C@@H]([C@H](C)CCCC(C)C)CC[C@@H]12. The number of allylic oxidation sites excluding steroid dienone is 4. The molecule has 0 aromatic carbocycles. The van der Waals surface area contributed by atoms with E-state index in [1.807, 2.05) is 0 Å². The van der Waals surface area contributed by atoms with Crippen LogP contribution in [0, 0.1) is 29.1 Å². The largest absolute Gasteiger partial charge is 0.479 e. The topological polar surface area (TPSA) is 116 Å². The molecule has 0 spiro atoms. The minimum atomic E-state index is -1.72. The Bertz CT molecular complexity index is 970. The van der Waals surface area contributed by atoms with Gasteiger partial charge >= 0.3 is 5.97 Å². The third kappa shape index (κ3) is 6.75. The maximum absolute atomic E-state index is 11.5. The summed E-state index contributed by atoms with van der Waals surface area (Å²) in [4.78, 5) is 11.5. The maximum Gasteiger partial charge on any atom is 0.335 e. The summed E-state index contributed by atoms with van der Waals surface area (Å²) in [6.07, 6.45) is 8.55. The molecule has 1 aliphatic heterocycles. The quantitative estimate of drug-likeness (QED) is 0.293. The Morgan fingerprint density at radius 1 is 1.07 bits per heavy atom. The predicted molar refractivity (Wildman–Crippen MR) is 154 cm³/mol. The summed E-state index contributed by atoms with van der Waals surface area (Å²) >= 11 is 0. The van der Waals surface area contributed by atoms with Gasteiger partial charge < -0.3 is 29.9 Å². The first-order chi connectivity index (χ1) is 18.9. The fourth-order valence-electron chi connectivity index (χ4n) is 8.11. The Morgan fingerprint density at radius 3 is 2.52 bits per heavy atom. The Balaban J connectivity index is 1.42. The van der Waals surface area contributed by atoms with E-state index < -0.39 is 36.7 Å². The van der Waals surface area contributed by atoms with Crippen molar-refractivity contribution in [2.24, 2.45) is 29.1 Å². The van der Waals surface area contributed by atoms with E-state index in [9.17, 15) is 25.2 Å². The minimum Gasteiger partial charge on any atom is -0.479 e. The number of aliphatic hydroxyl groups excluding tert-OH is 3. The third-order valence-electron chi connectivity index (χ3n) is 10.5. The molecular formula is C33H52O7. The van der Waals surface area contributed by atoms with Gasteiger partial charge in [0.15, 0.2) is 12.4 Å². The van der Waals surface area contributed by atoms with Gasteiger partial charge in [-0.2, -0.15) is 0 Å². The highest BCUT2D eigenvalue weighted by Gasteiger charge is 2.51. The van der Waals surface area contributed by atoms with Gasteiger partial charge in [-0.3, -0.25) is 0 Å². The van der Waals surface area contributed by atoms with Crippen LogP contribution in [0.2, 0.25) is 0 Å². The van der Waals surface area contributed by atoms with Gasteiger partial charge in [0.25, 0.3) is 0 Å². The van der Waals surface area contributed by atoms with Crippen LogP contribution >= 0.6 is 0 Å². The molecular weight excluding hydrogens is 508 g/mol. The number of aliphatic carboxylic acids is 1. The van der Waals surface area contributed by atoms with Crippen molar-refractivity contribution in [3.05, 3.63) is 35.5 Å². The first-order valence-electron chi connectivity index (χ1n) is 15.6. The van der Waals surface area contributed by atoms with Gasteiger partial charge in [0.2, 0.25) is 0 Å². The highest BCUT2D eigenvalue weighted by Crippen LogP contribution is 2.60. The number of aliphatic hydroxyl groups is 3. The number of rotatable bonds is 9. The van der Waals surface area contributed by atoms with Crippen molar-refractivity contribution in [2.75, 3.05) is 0 Å². The molecule has 1 saturated heterocycles. The molecule has 0 aromatic heterocycles. The molecule has 4 fully saturated rings. The zero-order valence-corrected chi connectivity index (χ0v) is 24.9. The molecule has 7 nitrogen and oxygen atoms in total. The second-order valence-electron chi connectivity index (χ2n) is 13.7. The van der Waals surface area contributed by atoms with E-state index in [-0.39, 0.29) is 6.10 Å². The molecule has 3 aliphatic carbocycles. The third-order valence-corrected chi connectivity index (χ3v) is 10.5. The maximum atomic E-state index is 11.5. The van der Waals surface area contributed by atoms with Gasteiger partial charge in [-0.15, -0.1) is 0 Å². The lowest BCUT2D eigenvalue weighted by molar-refractivity contribution is -0.304. The van der Waals surface area contributed by atoms with Crippen molar-refractivity contribution in [3.8, 4) is 0 Å². The van der Waals surface area contributed by atoms with E-state index in [1.54, 1.807) is 5.57 Å². The summed E-state index contributed by atoms with van der Waals surface area (Å²) in [6.45, 7) is 13.9. The molecule has 0 radical (unpaired) electrons. The van der Waals surface area contributed by atoms with Crippen molar-refractivity contribution in [3.63, 3.8) is 0 Å². The van der Waals surface area contributed by atoms with Gasteiger partial charge in [0.1, 0.15) is 18.3 Å². The fraction of sp³-hybridized carbons (Fsp3) is 0.788. The molecule has 1 heterocycles. The van der Waals surface area contributed by atoms with Crippen LogP contribution in [-0.2, 0) is 14.3 Å². The van der Waals surface area contributed by atoms with Gasteiger partial charge in [-0.1, -0.05) is 76.8 Å². The number of hydrogen-bond donors (Lipinski definition) is 4. The Hall–Kier alpha value is -1.51. The van der Waals surface area contributed by atoms with E-state index in [2.05, 4.69) is 46.4 Å². The number of carboxylic acids is 1. The zero-order valence-electron chi connectivity index (χ0n) is 24.9. The van der Waals surface area contributed by atoms with Crippen LogP contribution in [0.1, 0.15) is 98.3 Å². The lowest BCUT2D eigenvalue weighted by Gasteiger charge is -2.44. The normalized spacial score (nSPS) is 41.5. The van der Waals surface area contributed by atoms with Crippen molar-refractivity contribution >= 4 is 5.97 Å². The first-order valence-corrected chi connectivity index (χ1v) is 15.6. The average Bonchev–Trinajstić information content (AvgIpc) is 3.26. The average molecular weight is 561 g/mol. The zero-order chi connectivity index (χ0) is 29.2. The molecule has 4 N–H and O–H groups in total. The van der Waals surface area contributed by atoms with Crippen LogP contribution in [0.5, 0.6) is 0 Å². The van der Waals surface area contributed by atoms with Crippen molar-refractivity contribution < 1.29 is 34.7 Å². The van der Waals surface area contributed by atoms with Gasteiger partial charge in [-0.05, 0) is 86.0 Å².